The lowest BCUT2D eigenvalue weighted by molar-refractivity contribution is 0.0684. The zero-order valence-corrected chi connectivity index (χ0v) is 19.0. The number of nitrogens with zero attached hydrogens (tertiary/aromatic N) is 5. The van der Waals surface area contributed by atoms with Crippen LogP contribution in [0.15, 0.2) is 35.7 Å². The van der Waals surface area contributed by atoms with E-state index in [0.717, 1.165) is 0 Å². The number of nitrogens with one attached hydrogen (secondary N) is 1. The van der Waals surface area contributed by atoms with E-state index in [9.17, 15) is 18.3 Å². The zero-order valence-electron chi connectivity index (χ0n) is 18.2. The van der Waals surface area contributed by atoms with Crippen LogP contribution in [0.4, 0.5) is 24.7 Å². The first-order chi connectivity index (χ1) is 16.7. The molecule has 180 valence electrons. The van der Waals surface area contributed by atoms with Gasteiger partial charge in [0.15, 0.2) is 17.6 Å². The molecule has 0 saturated heterocycles. The molecule has 2 aliphatic rings. The second kappa shape index (κ2) is 7.96. The third-order valence-corrected chi connectivity index (χ3v) is 7.43. The average Bonchev–Trinajstić information content (AvgIpc) is 3.34. The summed E-state index contributed by atoms with van der Waals surface area (Å²) in [5, 5.41) is 12.6. The molecule has 1 aliphatic carbocycles. The lowest BCUT2D eigenvalue weighted by Gasteiger charge is -2.31. The van der Waals surface area contributed by atoms with Crippen LogP contribution in [0.2, 0.25) is 0 Å². The number of aliphatic hydroxyl groups excluding tert-OH is 1. The fourth-order valence-electron chi connectivity index (χ4n) is 4.53. The Labute approximate surface area is 201 Å². The van der Waals surface area contributed by atoms with Crippen molar-refractivity contribution in [3.05, 3.63) is 42.2 Å². The Kier molecular flexibility index (Phi) is 5.26. The number of thioether (sulfide) groups is 1. The predicted octanol–water partition coefficient (Wildman–Crippen LogP) is 2.59. The van der Waals surface area contributed by atoms with E-state index in [1.807, 2.05) is 0 Å². The van der Waals surface area contributed by atoms with E-state index in [2.05, 4.69) is 36.2 Å². The van der Waals surface area contributed by atoms with Crippen molar-refractivity contribution in [3.8, 4) is 18.2 Å². The van der Waals surface area contributed by atoms with Crippen LogP contribution in [0.25, 0.3) is 11.0 Å². The number of fused-ring (bicyclic) bond motifs is 2. The van der Waals surface area contributed by atoms with Gasteiger partial charge in [0.05, 0.1) is 36.1 Å². The van der Waals surface area contributed by atoms with Gasteiger partial charge in [0.25, 0.3) is 5.92 Å². The fourth-order valence-corrected chi connectivity index (χ4v) is 5.89. The highest BCUT2D eigenvalue weighted by molar-refractivity contribution is 8.15. The van der Waals surface area contributed by atoms with Gasteiger partial charge in [-0.25, -0.2) is 28.7 Å². The van der Waals surface area contributed by atoms with Gasteiger partial charge in [-0.05, 0) is 19.1 Å². The van der Waals surface area contributed by atoms with Crippen molar-refractivity contribution >= 4 is 39.5 Å². The maximum Gasteiger partial charge on any atom is 0.272 e. The molecule has 4 heterocycles. The lowest BCUT2D eigenvalue weighted by atomic mass is 9.86. The van der Waals surface area contributed by atoms with Gasteiger partial charge < -0.3 is 20.9 Å². The molecule has 5 rings (SSSR count). The first kappa shape index (κ1) is 23.1. The molecule has 4 N–H and O–H groups in total. The summed E-state index contributed by atoms with van der Waals surface area (Å²) in [7, 11) is 0. The number of nitrogens with two attached hydrogens (primary N) is 1. The Bertz CT molecular complexity index is 1420. The number of hydrogen-bond acceptors (Lipinski definition) is 10. The van der Waals surface area contributed by atoms with Crippen molar-refractivity contribution in [3.63, 3.8) is 0 Å². The summed E-state index contributed by atoms with van der Waals surface area (Å²) >= 11 is 0.610. The monoisotopic (exact) mass is 501 g/mol. The molecular weight excluding hydrogens is 483 g/mol. The van der Waals surface area contributed by atoms with Gasteiger partial charge in [-0.3, -0.25) is 4.99 Å². The van der Waals surface area contributed by atoms with E-state index in [1.54, 1.807) is 6.07 Å². The third-order valence-electron chi connectivity index (χ3n) is 6.12. The highest BCUT2D eigenvalue weighted by atomic mass is 32.2. The topological polar surface area (TPSA) is 131 Å². The van der Waals surface area contributed by atoms with Crippen molar-refractivity contribution in [2.24, 2.45) is 16.6 Å². The van der Waals surface area contributed by atoms with Crippen molar-refractivity contribution in [2.75, 3.05) is 18.5 Å². The molecule has 13 heteroatoms. The minimum absolute atomic E-state index is 0.0300. The van der Waals surface area contributed by atoms with Crippen molar-refractivity contribution in [2.45, 2.75) is 23.1 Å². The van der Waals surface area contributed by atoms with Crippen LogP contribution in [0, 0.1) is 24.2 Å². The van der Waals surface area contributed by atoms with Crippen LogP contribution in [-0.4, -0.2) is 54.1 Å². The summed E-state index contributed by atoms with van der Waals surface area (Å²) in [4.78, 5) is 20.8. The summed E-state index contributed by atoms with van der Waals surface area (Å²) in [5.41, 5.74) is 4.96. The first-order valence-corrected chi connectivity index (χ1v) is 11.1. The van der Waals surface area contributed by atoms with Gasteiger partial charge in [0.1, 0.15) is 15.8 Å². The number of aromatic nitrogens is 4. The van der Waals surface area contributed by atoms with Gasteiger partial charge >= 0.3 is 0 Å². The molecule has 0 bridgehead atoms. The van der Waals surface area contributed by atoms with Gasteiger partial charge in [0.2, 0.25) is 11.8 Å². The number of hydrogen-bond donors (Lipinski definition) is 3. The number of terminal acetylenes is 1. The Morgan fingerprint density at radius 2 is 2.11 bits per heavy atom. The SMILES string of the molecule is C#CCOc1cnc2c(Nc3cnc(F)c([C@@]4(C)N=C(N)S[C@]5(CO)[C@@H]4C5(F)F)c3)nccc2n1. The van der Waals surface area contributed by atoms with Crippen molar-refractivity contribution < 1.29 is 23.0 Å². The second-order valence-corrected chi connectivity index (χ2v) is 9.57. The van der Waals surface area contributed by atoms with Crippen LogP contribution in [-0.2, 0) is 5.54 Å². The molecule has 3 atom stereocenters. The number of aliphatic hydroxyl groups is 1. The van der Waals surface area contributed by atoms with Crippen LogP contribution in [0.1, 0.15) is 12.5 Å². The average molecular weight is 501 g/mol. The summed E-state index contributed by atoms with van der Waals surface area (Å²) in [5.74, 6) is -2.92. The molecule has 35 heavy (non-hydrogen) atoms. The fraction of sp³-hybridized carbons (Fsp3) is 0.318. The van der Waals surface area contributed by atoms with E-state index in [1.165, 1.54) is 31.6 Å². The molecule has 9 nitrogen and oxygen atoms in total. The molecule has 0 unspecified atom stereocenters. The molecule has 0 amide bonds. The Hall–Kier alpha value is -3.63. The Morgan fingerprint density at radius 3 is 2.86 bits per heavy atom. The number of halogens is 3. The van der Waals surface area contributed by atoms with Crippen LogP contribution in [0.3, 0.4) is 0 Å². The van der Waals surface area contributed by atoms with Crippen molar-refractivity contribution in [1.82, 2.24) is 19.9 Å². The van der Waals surface area contributed by atoms with Gasteiger partial charge in [-0.1, -0.05) is 17.7 Å². The summed E-state index contributed by atoms with van der Waals surface area (Å²) < 4.78 is 48.0. The number of anilines is 2. The molecule has 3 aromatic heterocycles. The van der Waals surface area contributed by atoms with Gasteiger partial charge in [-0.15, -0.1) is 6.42 Å². The van der Waals surface area contributed by atoms with E-state index >= 15 is 0 Å². The maximum absolute atomic E-state index is 14.9. The van der Waals surface area contributed by atoms with Crippen LogP contribution in [0.5, 0.6) is 5.88 Å². The largest absolute Gasteiger partial charge is 0.463 e. The molecule has 0 spiro atoms. The molecular formula is C22H18F3N7O2S. The number of alkyl halides is 2. The predicted molar refractivity (Wildman–Crippen MR) is 124 cm³/mol. The van der Waals surface area contributed by atoms with E-state index in [-0.39, 0.29) is 34.7 Å². The van der Waals surface area contributed by atoms with Crippen molar-refractivity contribution in [1.29, 1.82) is 0 Å². The molecule has 1 fully saturated rings. The molecule has 1 aliphatic heterocycles. The maximum atomic E-state index is 14.9. The van der Waals surface area contributed by atoms with Gasteiger partial charge in [0, 0.05) is 11.8 Å². The first-order valence-electron chi connectivity index (χ1n) is 10.3. The summed E-state index contributed by atoms with van der Waals surface area (Å²) in [6.07, 6.45) is 9.24. The summed E-state index contributed by atoms with van der Waals surface area (Å²) in [6, 6.07) is 2.94. The van der Waals surface area contributed by atoms with Crippen LogP contribution >= 0.6 is 11.8 Å². The highest BCUT2D eigenvalue weighted by Gasteiger charge is 2.87. The highest BCUT2D eigenvalue weighted by Crippen LogP contribution is 2.74. The normalized spacial score (nSPS) is 26.4. The smallest absolute Gasteiger partial charge is 0.272 e. The summed E-state index contributed by atoms with van der Waals surface area (Å²) in [6.45, 7) is 0.556. The third kappa shape index (κ3) is 3.43. The standard InChI is InChI=1S/C22H18F3N7O2S/c1-3-6-34-14-9-28-15-13(31-14)4-5-27-17(15)30-11-7-12(16(23)29-8-11)20(2)18-21(10-33,22(18,24)25)35-19(26)32-20/h1,4-5,7-9,18,33H,6,10H2,2H3,(H2,26,32)(H,27,30)/t18-,20-,21-/m1/s1. The molecule has 3 aromatic rings. The van der Waals surface area contributed by atoms with Crippen LogP contribution < -0.4 is 15.8 Å². The van der Waals surface area contributed by atoms with E-state index in [0.29, 0.717) is 22.8 Å². The lowest BCUT2D eigenvalue weighted by Crippen LogP contribution is -2.37. The molecule has 0 radical (unpaired) electrons. The molecule has 0 aromatic carbocycles. The number of ether oxygens (including phenoxy) is 1. The van der Waals surface area contributed by atoms with E-state index in [4.69, 9.17) is 16.9 Å². The quantitative estimate of drug-likeness (QED) is 0.344. The minimum Gasteiger partial charge on any atom is -0.463 e. The number of amidine groups is 1. The zero-order chi connectivity index (χ0) is 25.0. The number of pyridine rings is 2. The molecule has 1 saturated carbocycles. The van der Waals surface area contributed by atoms with E-state index < -0.39 is 34.7 Å². The minimum atomic E-state index is -3.31. The Balaban J connectivity index is 1.52. The second-order valence-electron chi connectivity index (χ2n) is 8.22. The Morgan fingerprint density at radius 1 is 1.31 bits per heavy atom. The number of aliphatic imine (C=N–C) groups is 1. The number of rotatable bonds is 6. The van der Waals surface area contributed by atoms with Gasteiger partial charge in [-0.2, -0.15) is 4.39 Å².